The first-order valence-electron chi connectivity index (χ1n) is 6.34. The summed E-state index contributed by atoms with van der Waals surface area (Å²) in [5.74, 6) is -0.932. The highest BCUT2D eigenvalue weighted by Crippen LogP contribution is 2.23. The number of benzene rings is 1. The van der Waals surface area contributed by atoms with Crippen LogP contribution in [-0.4, -0.2) is 15.9 Å². The topological polar surface area (TPSA) is 71.8 Å². The molecule has 0 saturated carbocycles. The minimum atomic E-state index is -0.570. The molecule has 3 aromatic rings. The number of halogens is 1. The third kappa shape index (κ3) is 2.53. The van der Waals surface area contributed by atoms with Crippen LogP contribution in [0.15, 0.2) is 48.8 Å². The predicted octanol–water partition coefficient (Wildman–Crippen LogP) is 2.73. The third-order valence-corrected chi connectivity index (χ3v) is 3.20. The Morgan fingerprint density at radius 2 is 2.00 bits per heavy atom. The van der Waals surface area contributed by atoms with Gasteiger partial charge in [-0.2, -0.15) is 0 Å². The van der Waals surface area contributed by atoms with Gasteiger partial charge in [-0.25, -0.2) is 9.37 Å². The Morgan fingerprint density at radius 1 is 1.24 bits per heavy atom. The molecule has 3 N–H and O–H groups in total. The lowest BCUT2D eigenvalue weighted by Gasteiger charge is -2.03. The van der Waals surface area contributed by atoms with Crippen molar-refractivity contribution in [2.45, 2.75) is 0 Å². The first-order chi connectivity index (χ1) is 10.1. The molecule has 0 aliphatic carbocycles. The summed E-state index contributed by atoms with van der Waals surface area (Å²) in [5.41, 5.74) is 7.86. The highest BCUT2D eigenvalue weighted by Gasteiger charge is 2.10. The summed E-state index contributed by atoms with van der Waals surface area (Å²) < 4.78 is 13.0. The first-order valence-corrected chi connectivity index (χ1v) is 6.34. The second-order valence-electron chi connectivity index (χ2n) is 4.57. The quantitative estimate of drug-likeness (QED) is 0.724. The molecule has 5 heteroatoms. The molecular formula is C16H12FN3O. The molecule has 0 fully saturated rings. The number of carbonyl (C=O) groups excluding carboxylic acids is 1. The zero-order chi connectivity index (χ0) is 14.8. The maximum atomic E-state index is 13.0. The summed E-state index contributed by atoms with van der Waals surface area (Å²) in [7, 11) is 0. The Balaban J connectivity index is 2.13. The van der Waals surface area contributed by atoms with Gasteiger partial charge in [0.1, 0.15) is 11.5 Å². The maximum Gasteiger partial charge on any atom is 0.249 e. The first kappa shape index (κ1) is 13.1. The average molecular weight is 281 g/mol. The molecule has 0 bridgehead atoms. The molecule has 0 aliphatic rings. The van der Waals surface area contributed by atoms with Gasteiger partial charge in [0.15, 0.2) is 0 Å². The highest BCUT2D eigenvalue weighted by atomic mass is 19.1. The van der Waals surface area contributed by atoms with E-state index in [1.165, 1.54) is 24.3 Å². The van der Waals surface area contributed by atoms with Crippen LogP contribution in [0, 0.1) is 5.82 Å². The summed E-state index contributed by atoms with van der Waals surface area (Å²) in [6, 6.07) is 9.35. The molecule has 0 radical (unpaired) electrons. The minimum absolute atomic E-state index is 0.319. The molecule has 0 saturated heterocycles. The number of aromatic nitrogens is 2. The minimum Gasteiger partial charge on any atom is -0.366 e. The summed E-state index contributed by atoms with van der Waals surface area (Å²) in [6.07, 6.45) is 5.11. The summed E-state index contributed by atoms with van der Waals surface area (Å²) in [5, 5.41) is 0.887. The van der Waals surface area contributed by atoms with Gasteiger partial charge < -0.3 is 10.7 Å². The van der Waals surface area contributed by atoms with Crippen LogP contribution in [0.3, 0.4) is 0 Å². The molecule has 104 valence electrons. The van der Waals surface area contributed by atoms with Crippen molar-refractivity contribution in [1.82, 2.24) is 9.97 Å². The van der Waals surface area contributed by atoms with Gasteiger partial charge in [0.2, 0.25) is 5.91 Å². The number of carbonyl (C=O) groups is 1. The van der Waals surface area contributed by atoms with Crippen LogP contribution in [0.1, 0.15) is 11.1 Å². The number of aromatic amines is 1. The van der Waals surface area contributed by atoms with E-state index in [1.54, 1.807) is 18.5 Å². The number of primary amides is 1. The molecule has 4 nitrogen and oxygen atoms in total. The van der Waals surface area contributed by atoms with Crippen molar-refractivity contribution in [3.05, 3.63) is 65.7 Å². The van der Waals surface area contributed by atoms with Crippen LogP contribution in [0.4, 0.5) is 4.39 Å². The molecule has 2 heterocycles. The third-order valence-electron chi connectivity index (χ3n) is 3.20. The van der Waals surface area contributed by atoms with Gasteiger partial charge in [0.25, 0.3) is 0 Å². The lowest BCUT2D eigenvalue weighted by Crippen LogP contribution is -2.12. The molecule has 0 aliphatic heterocycles. The van der Waals surface area contributed by atoms with E-state index in [0.717, 1.165) is 16.6 Å². The number of fused-ring (bicyclic) bond motifs is 1. The van der Waals surface area contributed by atoms with E-state index >= 15 is 0 Å². The maximum absolute atomic E-state index is 13.0. The fraction of sp³-hybridized carbons (Fsp3) is 0. The number of H-pyrrole nitrogens is 1. The molecule has 1 amide bonds. The van der Waals surface area contributed by atoms with Gasteiger partial charge in [-0.15, -0.1) is 0 Å². The highest BCUT2D eigenvalue weighted by molar-refractivity contribution is 6.24. The number of pyridine rings is 1. The van der Waals surface area contributed by atoms with E-state index < -0.39 is 5.91 Å². The van der Waals surface area contributed by atoms with Crippen molar-refractivity contribution < 1.29 is 9.18 Å². The summed E-state index contributed by atoms with van der Waals surface area (Å²) in [6.45, 7) is 0. The van der Waals surface area contributed by atoms with E-state index in [4.69, 9.17) is 5.73 Å². The van der Waals surface area contributed by atoms with Gasteiger partial charge in [-0.3, -0.25) is 4.79 Å². The molecule has 21 heavy (non-hydrogen) atoms. The van der Waals surface area contributed by atoms with Crippen LogP contribution < -0.4 is 5.73 Å². The van der Waals surface area contributed by atoms with E-state index in [0.29, 0.717) is 11.1 Å². The average Bonchev–Trinajstić information content (AvgIpc) is 2.89. The fourth-order valence-electron chi connectivity index (χ4n) is 2.18. The lowest BCUT2D eigenvalue weighted by atomic mass is 10.0. The fourth-order valence-corrected chi connectivity index (χ4v) is 2.18. The van der Waals surface area contributed by atoms with Gasteiger partial charge in [-0.1, -0.05) is 12.1 Å². The van der Waals surface area contributed by atoms with E-state index in [-0.39, 0.29) is 5.82 Å². The second-order valence-corrected chi connectivity index (χ2v) is 4.57. The molecule has 2 aromatic heterocycles. The Hall–Kier alpha value is -2.95. The van der Waals surface area contributed by atoms with E-state index in [9.17, 15) is 9.18 Å². The van der Waals surface area contributed by atoms with E-state index in [1.807, 2.05) is 12.1 Å². The summed E-state index contributed by atoms with van der Waals surface area (Å²) >= 11 is 0. The van der Waals surface area contributed by atoms with Crippen molar-refractivity contribution in [3.63, 3.8) is 0 Å². The predicted molar refractivity (Wildman–Crippen MR) is 79.6 cm³/mol. The Morgan fingerprint density at radius 3 is 2.71 bits per heavy atom. The Labute approximate surface area is 120 Å². The number of hydrogen-bond donors (Lipinski definition) is 2. The molecular weight excluding hydrogens is 269 g/mol. The van der Waals surface area contributed by atoms with Crippen molar-refractivity contribution in [2.24, 2.45) is 5.73 Å². The smallest absolute Gasteiger partial charge is 0.249 e. The van der Waals surface area contributed by atoms with Crippen molar-refractivity contribution >= 4 is 28.6 Å². The van der Waals surface area contributed by atoms with Crippen LogP contribution >= 0.6 is 0 Å². The number of rotatable bonds is 3. The normalized spacial score (nSPS) is 11.8. The Bertz CT molecular complexity index is 834. The second kappa shape index (κ2) is 5.20. The van der Waals surface area contributed by atoms with Crippen LogP contribution in [0.25, 0.3) is 22.7 Å². The molecule has 0 unspecified atom stereocenters. The summed E-state index contributed by atoms with van der Waals surface area (Å²) in [4.78, 5) is 18.9. The number of nitrogens with two attached hydrogens (primary N) is 1. The molecule has 3 rings (SSSR count). The van der Waals surface area contributed by atoms with Crippen molar-refractivity contribution in [1.29, 1.82) is 0 Å². The molecule has 0 spiro atoms. The van der Waals surface area contributed by atoms with Crippen LogP contribution in [0.5, 0.6) is 0 Å². The number of amides is 1. The SMILES string of the molecule is NC(=O)/C(=C\c1c[nH]c2ncccc12)c1ccc(F)cc1. The largest absolute Gasteiger partial charge is 0.366 e. The number of nitrogens with one attached hydrogen (secondary N) is 1. The number of nitrogens with zero attached hydrogens (tertiary/aromatic N) is 1. The van der Waals surface area contributed by atoms with Gasteiger partial charge in [0.05, 0.1) is 0 Å². The van der Waals surface area contributed by atoms with Crippen LogP contribution in [-0.2, 0) is 4.79 Å². The molecule has 0 atom stereocenters. The van der Waals surface area contributed by atoms with Crippen LogP contribution in [0.2, 0.25) is 0 Å². The van der Waals surface area contributed by atoms with Gasteiger partial charge >= 0.3 is 0 Å². The van der Waals surface area contributed by atoms with Gasteiger partial charge in [-0.05, 0) is 35.9 Å². The monoisotopic (exact) mass is 281 g/mol. The molecule has 1 aromatic carbocycles. The lowest BCUT2D eigenvalue weighted by molar-refractivity contribution is -0.112. The standard InChI is InChI=1S/C16H12FN3O/c17-12-5-3-10(4-6-12)14(15(18)21)8-11-9-20-16-13(11)2-1-7-19-16/h1-9H,(H2,18,21)(H,19,20)/b14-8-. The van der Waals surface area contributed by atoms with Crippen molar-refractivity contribution in [3.8, 4) is 0 Å². The zero-order valence-electron chi connectivity index (χ0n) is 11.0. The van der Waals surface area contributed by atoms with Crippen molar-refractivity contribution in [2.75, 3.05) is 0 Å². The zero-order valence-corrected chi connectivity index (χ0v) is 11.0. The van der Waals surface area contributed by atoms with Gasteiger partial charge in [0, 0.05) is 28.9 Å². The Kier molecular flexibility index (Phi) is 3.23. The number of hydrogen-bond acceptors (Lipinski definition) is 2. The van der Waals surface area contributed by atoms with E-state index in [2.05, 4.69) is 9.97 Å².